The number of rotatable bonds is 7. The molecule has 8 heteroatoms. The van der Waals surface area contributed by atoms with Gasteiger partial charge in [-0.15, -0.1) is 0 Å². The fraction of sp³-hybridized carbons (Fsp3) is 0.550. The Kier molecular flexibility index (Phi) is 6.18. The molecule has 0 radical (unpaired) electrons. The van der Waals surface area contributed by atoms with Crippen LogP contribution in [0.5, 0.6) is 5.75 Å². The van der Waals surface area contributed by atoms with E-state index in [9.17, 15) is 19.5 Å². The van der Waals surface area contributed by atoms with Gasteiger partial charge in [0.25, 0.3) is 0 Å². The van der Waals surface area contributed by atoms with Gasteiger partial charge in [-0.3, -0.25) is 14.4 Å². The van der Waals surface area contributed by atoms with Crippen molar-refractivity contribution in [3.63, 3.8) is 0 Å². The summed E-state index contributed by atoms with van der Waals surface area (Å²) in [7, 11) is 0. The highest BCUT2D eigenvalue weighted by Gasteiger charge is 2.42. The monoisotopic (exact) mass is 390 g/mol. The second kappa shape index (κ2) is 8.60. The molecule has 2 heterocycles. The van der Waals surface area contributed by atoms with E-state index in [1.807, 2.05) is 19.1 Å². The second-order valence-corrected chi connectivity index (χ2v) is 7.22. The molecule has 2 aliphatic heterocycles. The van der Waals surface area contributed by atoms with Crippen LogP contribution in [0.1, 0.15) is 26.2 Å². The van der Waals surface area contributed by atoms with Crippen LogP contribution < -0.4 is 15.0 Å². The summed E-state index contributed by atoms with van der Waals surface area (Å²) in [5, 5.41) is 12.4. The number of carbonyl (C=O) groups excluding carboxylic acids is 2. The number of nitrogens with zero attached hydrogens (tertiary/aromatic N) is 1. The van der Waals surface area contributed by atoms with Gasteiger partial charge >= 0.3 is 5.97 Å². The summed E-state index contributed by atoms with van der Waals surface area (Å²) < 4.78 is 10.8. The number of amides is 2. The molecule has 1 aromatic rings. The maximum Gasteiger partial charge on any atom is 0.311 e. The highest BCUT2D eigenvalue weighted by atomic mass is 16.5. The molecule has 152 valence electrons. The van der Waals surface area contributed by atoms with Crippen LogP contribution >= 0.6 is 0 Å². The zero-order valence-corrected chi connectivity index (χ0v) is 16.0. The lowest BCUT2D eigenvalue weighted by Gasteiger charge is -2.33. The number of benzene rings is 1. The fourth-order valence-electron chi connectivity index (χ4n) is 3.70. The number of hydrogen-bond donors (Lipinski definition) is 2. The average molecular weight is 390 g/mol. The predicted octanol–water partition coefficient (Wildman–Crippen LogP) is 1.44. The van der Waals surface area contributed by atoms with Crippen LogP contribution in [-0.4, -0.2) is 55.8 Å². The normalized spacial score (nSPS) is 21.4. The third-order valence-electron chi connectivity index (χ3n) is 5.46. The van der Waals surface area contributed by atoms with Crippen molar-refractivity contribution in [1.29, 1.82) is 0 Å². The van der Waals surface area contributed by atoms with Crippen LogP contribution in [0, 0.1) is 11.3 Å². The van der Waals surface area contributed by atoms with Gasteiger partial charge in [0.15, 0.2) is 0 Å². The van der Waals surface area contributed by atoms with E-state index in [1.54, 1.807) is 17.0 Å². The van der Waals surface area contributed by atoms with E-state index in [-0.39, 0.29) is 31.3 Å². The first-order valence-corrected chi connectivity index (χ1v) is 9.58. The summed E-state index contributed by atoms with van der Waals surface area (Å²) in [5.41, 5.74) is -0.353. The van der Waals surface area contributed by atoms with Crippen LogP contribution in [0.2, 0.25) is 0 Å². The Bertz CT molecular complexity index is 744. The summed E-state index contributed by atoms with van der Waals surface area (Å²) in [6.45, 7) is 3.37. The molecule has 1 aromatic carbocycles. The Labute approximate surface area is 163 Å². The van der Waals surface area contributed by atoms with Crippen LogP contribution in [0.25, 0.3) is 0 Å². The number of anilines is 1. The lowest BCUT2D eigenvalue weighted by Crippen LogP contribution is -2.48. The Morgan fingerprint density at radius 2 is 2.04 bits per heavy atom. The largest absolute Gasteiger partial charge is 0.492 e. The minimum Gasteiger partial charge on any atom is -0.492 e. The lowest BCUT2D eigenvalue weighted by atomic mass is 9.80. The molecule has 0 aliphatic carbocycles. The van der Waals surface area contributed by atoms with Gasteiger partial charge in [0, 0.05) is 32.7 Å². The van der Waals surface area contributed by atoms with E-state index in [1.165, 1.54) is 0 Å². The van der Waals surface area contributed by atoms with Crippen molar-refractivity contribution in [2.75, 3.05) is 37.8 Å². The first kappa shape index (κ1) is 20.1. The molecule has 8 nitrogen and oxygen atoms in total. The van der Waals surface area contributed by atoms with E-state index >= 15 is 0 Å². The van der Waals surface area contributed by atoms with Crippen molar-refractivity contribution < 1.29 is 29.0 Å². The van der Waals surface area contributed by atoms with Crippen molar-refractivity contribution in [3.05, 3.63) is 24.3 Å². The molecule has 2 fully saturated rings. The molecule has 0 spiro atoms. The van der Waals surface area contributed by atoms with Crippen molar-refractivity contribution in [2.45, 2.75) is 26.2 Å². The van der Waals surface area contributed by atoms with Gasteiger partial charge in [-0.05, 0) is 31.9 Å². The predicted molar refractivity (Wildman–Crippen MR) is 101 cm³/mol. The second-order valence-electron chi connectivity index (χ2n) is 7.22. The zero-order chi connectivity index (χ0) is 20.1. The molecule has 0 saturated carbocycles. The summed E-state index contributed by atoms with van der Waals surface area (Å²) in [4.78, 5) is 38.4. The number of carboxylic acid groups (broad SMARTS) is 1. The number of ether oxygens (including phenoxy) is 2. The molecule has 28 heavy (non-hydrogen) atoms. The minimum absolute atomic E-state index is 0.0464. The third kappa shape index (κ3) is 4.11. The SMILES string of the molecule is CCOc1ccccc1N1CC(C(=O)NCC2(C(=O)O)CCOCC2)CC1=O. The van der Waals surface area contributed by atoms with Crippen molar-refractivity contribution >= 4 is 23.5 Å². The molecule has 2 N–H and O–H groups in total. The molecular formula is C20H26N2O6. The Morgan fingerprint density at radius 3 is 2.71 bits per heavy atom. The summed E-state index contributed by atoms with van der Waals surface area (Å²) >= 11 is 0. The first-order chi connectivity index (χ1) is 13.5. The number of para-hydroxylation sites is 2. The number of carbonyl (C=O) groups is 3. The van der Waals surface area contributed by atoms with Gasteiger partial charge < -0.3 is 24.8 Å². The molecule has 0 bridgehead atoms. The Morgan fingerprint density at radius 1 is 1.32 bits per heavy atom. The van der Waals surface area contributed by atoms with Crippen molar-refractivity contribution in [3.8, 4) is 5.75 Å². The van der Waals surface area contributed by atoms with Gasteiger partial charge in [-0.25, -0.2) is 0 Å². The number of aliphatic carboxylic acids is 1. The highest BCUT2D eigenvalue weighted by molar-refractivity contribution is 6.01. The quantitative estimate of drug-likeness (QED) is 0.730. The Balaban J connectivity index is 1.65. The number of hydrogen-bond acceptors (Lipinski definition) is 5. The minimum atomic E-state index is -1.00. The fourth-order valence-corrected chi connectivity index (χ4v) is 3.70. The van der Waals surface area contributed by atoms with Crippen molar-refractivity contribution in [2.24, 2.45) is 11.3 Å². The van der Waals surface area contributed by atoms with Gasteiger partial charge in [0.2, 0.25) is 11.8 Å². The number of carboxylic acids is 1. The average Bonchev–Trinajstić information content (AvgIpc) is 3.09. The first-order valence-electron chi connectivity index (χ1n) is 9.58. The molecular weight excluding hydrogens is 364 g/mol. The molecule has 2 aliphatic rings. The summed E-state index contributed by atoms with van der Waals surface area (Å²) in [6, 6.07) is 7.24. The third-order valence-corrected chi connectivity index (χ3v) is 5.46. The van der Waals surface area contributed by atoms with E-state index in [0.29, 0.717) is 44.1 Å². The molecule has 2 saturated heterocycles. The van der Waals surface area contributed by atoms with Crippen LogP contribution in [0.4, 0.5) is 5.69 Å². The molecule has 1 atom stereocenters. The lowest BCUT2D eigenvalue weighted by molar-refractivity contribution is -0.154. The van der Waals surface area contributed by atoms with E-state index in [0.717, 1.165) is 0 Å². The molecule has 0 aromatic heterocycles. The van der Waals surface area contributed by atoms with Gasteiger partial charge in [0.1, 0.15) is 5.75 Å². The maximum absolute atomic E-state index is 12.6. The standard InChI is InChI=1S/C20H26N2O6/c1-2-28-16-6-4-3-5-15(16)22-12-14(11-17(22)23)18(24)21-13-20(19(25)26)7-9-27-10-8-20/h3-6,14H,2,7-13H2,1H3,(H,21,24)(H,25,26). The van der Waals surface area contributed by atoms with E-state index < -0.39 is 17.3 Å². The summed E-state index contributed by atoms with van der Waals surface area (Å²) in [6.07, 6.45) is 0.815. The maximum atomic E-state index is 12.6. The molecule has 3 rings (SSSR count). The highest BCUT2D eigenvalue weighted by Crippen LogP contribution is 2.34. The summed E-state index contributed by atoms with van der Waals surface area (Å²) in [5.74, 6) is -1.28. The van der Waals surface area contributed by atoms with Gasteiger partial charge in [-0.1, -0.05) is 12.1 Å². The van der Waals surface area contributed by atoms with Gasteiger partial charge in [0.05, 0.1) is 23.6 Å². The van der Waals surface area contributed by atoms with Crippen LogP contribution in [0.15, 0.2) is 24.3 Å². The van der Waals surface area contributed by atoms with E-state index in [2.05, 4.69) is 5.32 Å². The van der Waals surface area contributed by atoms with E-state index in [4.69, 9.17) is 9.47 Å². The zero-order valence-electron chi connectivity index (χ0n) is 16.0. The smallest absolute Gasteiger partial charge is 0.311 e. The molecule has 1 unspecified atom stereocenters. The topological polar surface area (TPSA) is 105 Å². The molecule has 2 amide bonds. The van der Waals surface area contributed by atoms with Crippen LogP contribution in [-0.2, 0) is 19.1 Å². The van der Waals surface area contributed by atoms with Gasteiger partial charge in [-0.2, -0.15) is 0 Å². The number of nitrogens with one attached hydrogen (secondary N) is 1. The Hall–Kier alpha value is -2.61. The van der Waals surface area contributed by atoms with Crippen LogP contribution in [0.3, 0.4) is 0 Å². The van der Waals surface area contributed by atoms with Crippen molar-refractivity contribution in [1.82, 2.24) is 5.32 Å².